The standard InChI is InChI=1S/C14H21N3O2/c1-17-9-3-2-4-13(17)10-19-14(18)16-12-7-5-11(15)6-8-12/h5-8,13H,2-4,9-10,15H2,1H3,(H,16,18). The fourth-order valence-corrected chi connectivity index (χ4v) is 2.25. The van der Waals surface area contributed by atoms with Gasteiger partial charge in [-0.2, -0.15) is 0 Å². The molecule has 2 rings (SSSR count). The average molecular weight is 263 g/mol. The van der Waals surface area contributed by atoms with Crippen molar-refractivity contribution < 1.29 is 9.53 Å². The minimum atomic E-state index is -0.413. The van der Waals surface area contributed by atoms with E-state index in [4.69, 9.17) is 10.5 Å². The van der Waals surface area contributed by atoms with Gasteiger partial charge < -0.3 is 15.4 Å². The monoisotopic (exact) mass is 263 g/mol. The van der Waals surface area contributed by atoms with Crippen molar-refractivity contribution in [2.45, 2.75) is 25.3 Å². The molecule has 0 spiro atoms. The largest absolute Gasteiger partial charge is 0.448 e. The highest BCUT2D eigenvalue weighted by Crippen LogP contribution is 2.15. The molecule has 1 unspecified atom stereocenters. The molecule has 0 aromatic heterocycles. The number of hydrogen-bond donors (Lipinski definition) is 2. The normalized spacial score (nSPS) is 19.9. The van der Waals surface area contributed by atoms with Crippen LogP contribution in [0.1, 0.15) is 19.3 Å². The van der Waals surface area contributed by atoms with Crippen molar-refractivity contribution in [1.29, 1.82) is 0 Å². The molecular formula is C14H21N3O2. The van der Waals surface area contributed by atoms with Gasteiger partial charge in [0.15, 0.2) is 0 Å². The van der Waals surface area contributed by atoms with E-state index in [-0.39, 0.29) is 0 Å². The van der Waals surface area contributed by atoms with Crippen molar-refractivity contribution in [3.63, 3.8) is 0 Å². The Kier molecular flexibility index (Phi) is 4.63. The molecule has 0 radical (unpaired) electrons. The summed E-state index contributed by atoms with van der Waals surface area (Å²) in [5.41, 5.74) is 6.94. The number of nitrogen functional groups attached to an aromatic ring is 1. The van der Waals surface area contributed by atoms with Crippen LogP contribution in [0.3, 0.4) is 0 Å². The van der Waals surface area contributed by atoms with Gasteiger partial charge in [0.25, 0.3) is 0 Å². The van der Waals surface area contributed by atoms with Gasteiger partial charge in [-0.1, -0.05) is 6.42 Å². The van der Waals surface area contributed by atoms with Crippen LogP contribution in [0.5, 0.6) is 0 Å². The number of rotatable bonds is 3. The maximum atomic E-state index is 11.7. The third-order valence-electron chi connectivity index (χ3n) is 3.49. The molecule has 1 atom stereocenters. The maximum Gasteiger partial charge on any atom is 0.411 e. The quantitative estimate of drug-likeness (QED) is 0.821. The Hall–Kier alpha value is -1.75. The minimum Gasteiger partial charge on any atom is -0.448 e. The van der Waals surface area contributed by atoms with Crippen LogP contribution in [-0.4, -0.2) is 37.2 Å². The third kappa shape index (κ3) is 4.13. The molecule has 1 aliphatic heterocycles. The van der Waals surface area contributed by atoms with Crippen LogP contribution in [0.25, 0.3) is 0 Å². The van der Waals surface area contributed by atoms with Gasteiger partial charge in [-0.3, -0.25) is 5.32 Å². The fourth-order valence-electron chi connectivity index (χ4n) is 2.25. The molecule has 5 nitrogen and oxygen atoms in total. The maximum absolute atomic E-state index is 11.7. The molecular weight excluding hydrogens is 242 g/mol. The number of carbonyl (C=O) groups is 1. The fraction of sp³-hybridized carbons (Fsp3) is 0.500. The molecule has 1 amide bonds. The molecule has 1 saturated heterocycles. The van der Waals surface area contributed by atoms with Crippen LogP contribution in [0.4, 0.5) is 16.2 Å². The predicted molar refractivity (Wildman–Crippen MR) is 76.1 cm³/mol. The van der Waals surface area contributed by atoms with E-state index < -0.39 is 6.09 Å². The summed E-state index contributed by atoms with van der Waals surface area (Å²) in [6.45, 7) is 1.52. The van der Waals surface area contributed by atoms with Crippen molar-refractivity contribution in [3.05, 3.63) is 24.3 Å². The molecule has 1 aromatic rings. The lowest BCUT2D eigenvalue weighted by atomic mass is 10.0. The van der Waals surface area contributed by atoms with Crippen LogP contribution < -0.4 is 11.1 Å². The Morgan fingerprint density at radius 1 is 1.42 bits per heavy atom. The van der Waals surface area contributed by atoms with Gasteiger partial charge >= 0.3 is 6.09 Å². The summed E-state index contributed by atoms with van der Waals surface area (Å²) in [6, 6.07) is 7.33. The molecule has 1 fully saturated rings. The first-order valence-electron chi connectivity index (χ1n) is 6.65. The zero-order valence-electron chi connectivity index (χ0n) is 11.3. The Balaban J connectivity index is 1.76. The number of benzene rings is 1. The van der Waals surface area contributed by atoms with Gasteiger partial charge in [0.2, 0.25) is 0 Å². The van der Waals surface area contributed by atoms with E-state index in [9.17, 15) is 4.79 Å². The van der Waals surface area contributed by atoms with Crippen molar-refractivity contribution in [2.24, 2.45) is 0 Å². The smallest absolute Gasteiger partial charge is 0.411 e. The molecule has 19 heavy (non-hydrogen) atoms. The van der Waals surface area contributed by atoms with E-state index in [2.05, 4.69) is 17.3 Å². The van der Waals surface area contributed by atoms with E-state index in [0.717, 1.165) is 13.0 Å². The van der Waals surface area contributed by atoms with Crippen LogP contribution in [0.2, 0.25) is 0 Å². The van der Waals surface area contributed by atoms with Crippen LogP contribution in [-0.2, 0) is 4.74 Å². The first kappa shape index (κ1) is 13.7. The first-order valence-corrected chi connectivity index (χ1v) is 6.65. The van der Waals surface area contributed by atoms with E-state index in [1.165, 1.54) is 12.8 Å². The second kappa shape index (κ2) is 6.43. The highest BCUT2D eigenvalue weighted by atomic mass is 16.5. The number of likely N-dealkylation sites (N-methyl/N-ethyl adjacent to an activating group) is 1. The summed E-state index contributed by atoms with van der Waals surface area (Å²) < 4.78 is 5.26. The number of anilines is 2. The number of nitrogens with zero attached hydrogens (tertiary/aromatic N) is 1. The molecule has 104 valence electrons. The van der Waals surface area contributed by atoms with Crippen molar-refractivity contribution >= 4 is 17.5 Å². The predicted octanol–water partition coefficient (Wildman–Crippen LogP) is 2.30. The molecule has 0 saturated carbocycles. The number of nitrogens with two attached hydrogens (primary N) is 1. The summed E-state index contributed by atoms with van der Waals surface area (Å²) in [5.74, 6) is 0. The summed E-state index contributed by atoms with van der Waals surface area (Å²) in [5, 5.41) is 2.69. The molecule has 5 heteroatoms. The number of piperidine rings is 1. The molecule has 1 aromatic carbocycles. The van der Waals surface area contributed by atoms with Crippen LogP contribution >= 0.6 is 0 Å². The van der Waals surface area contributed by atoms with Gasteiger partial charge in [0.1, 0.15) is 6.61 Å². The summed E-state index contributed by atoms with van der Waals surface area (Å²) in [7, 11) is 2.07. The second-order valence-electron chi connectivity index (χ2n) is 4.98. The Labute approximate surface area is 113 Å². The average Bonchev–Trinajstić information content (AvgIpc) is 2.40. The van der Waals surface area contributed by atoms with E-state index in [1.807, 2.05) is 0 Å². The third-order valence-corrected chi connectivity index (χ3v) is 3.49. The van der Waals surface area contributed by atoms with Crippen molar-refractivity contribution in [2.75, 3.05) is 31.2 Å². The number of carbonyl (C=O) groups excluding carboxylic acids is 1. The highest BCUT2D eigenvalue weighted by Gasteiger charge is 2.20. The van der Waals surface area contributed by atoms with Crippen molar-refractivity contribution in [1.82, 2.24) is 4.90 Å². The molecule has 0 bridgehead atoms. The Bertz CT molecular complexity index is 419. The zero-order valence-corrected chi connectivity index (χ0v) is 11.3. The molecule has 1 aliphatic rings. The van der Waals surface area contributed by atoms with Gasteiger partial charge in [0, 0.05) is 17.4 Å². The summed E-state index contributed by atoms with van der Waals surface area (Å²) in [6.07, 6.45) is 3.11. The number of nitrogens with one attached hydrogen (secondary N) is 1. The topological polar surface area (TPSA) is 67.6 Å². The van der Waals surface area contributed by atoms with E-state index in [1.54, 1.807) is 24.3 Å². The zero-order chi connectivity index (χ0) is 13.7. The molecule has 1 heterocycles. The summed E-state index contributed by atoms with van der Waals surface area (Å²) >= 11 is 0. The summed E-state index contributed by atoms with van der Waals surface area (Å²) in [4.78, 5) is 13.9. The number of amides is 1. The van der Waals surface area contributed by atoms with Gasteiger partial charge in [-0.15, -0.1) is 0 Å². The molecule has 0 aliphatic carbocycles. The Morgan fingerprint density at radius 3 is 2.84 bits per heavy atom. The van der Waals surface area contributed by atoms with Gasteiger partial charge in [-0.25, -0.2) is 4.79 Å². The number of hydrogen-bond acceptors (Lipinski definition) is 4. The van der Waals surface area contributed by atoms with Crippen LogP contribution in [0.15, 0.2) is 24.3 Å². The molecule has 3 N–H and O–H groups in total. The van der Waals surface area contributed by atoms with Crippen molar-refractivity contribution in [3.8, 4) is 0 Å². The lowest BCUT2D eigenvalue weighted by molar-refractivity contribution is 0.0908. The van der Waals surface area contributed by atoms with Crippen LogP contribution in [0, 0.1) is 0 Å². The second-order valence-corrected chi connectivity index (χ2v) is 4.98. The SMILES string of the molecule is CN1CCCCC1COC(=O)Nc1ccc(N)cc1. The Morgan fingerprint density at radius 2 is 2.16 bits per heavy atom. The van der Waals surface area contributed by atoms with E-state index in [0.29, 0.717) is 24.0 Å². The number of ether oxygens (including phenoxy) is 1. The van der Waals surface area contributed by atoms with Gasteiger partial charge in [-0.05, 0) is 50.7 Å². The lowest BCUT2D eigenvalue weighted by Crippen LogP contribution is -2.40. The van der Waals surface area contributed by atoms with Gasteiger partial charge in [0.05, 0.1) is 0 Å². The lowest BCUT2D eigenvalue weighted by Gasteiger charge is -2.31. The number of likely N-dealkylation sites (tertiary alicyclic amines) is 1. The highest BCUT2D eigenvalue weighted by molar-refractivity contribution is 5.84. The first-order chi connectivity index (χ1) is 9.15. The minimum absolute atomic E-state index is 0.339. The van der Waals surface area contributed by atoms with E-state index >= 15 is 0 Å².